The summed E-state index contributed by atoms with van der Waals surface area (Å²) in [4.78, 5) is 10.7. The number of ether oxygens (including phenoxy) is 2. The van der Waals surface area contributed by atoms with Gasteiger partial charge in [-0.05, 0) is 26.2 Å². The third kappa shape index (κ3) is 12.1. The molecule has 2 unspecified atom stereocenters. The van der Waals surface area contributed by atoms with Crippen LogP contribution >= 0.6 is 0 Å². The smallest absolute Gasteiger partial charge is 0.306 e. The summed E-state index contributed by atoms with van der Waals surface area (Å²) in [6.07, 6.45) is 3.62. The zero-order chi connectivity index (χ0) is 14.5. The minimum atomic E-state index is -0.704. The van der Waals surface area contributed by atoms with Crippen molar-refractivity contribution in [1.82, 2.24) is 5.32 Å². The monoisotopic (exact) mass is 275 g/mol. The first-order valence-corrected chi connectivity index (χ1v) is 7.10. The number of methoxy groups -OCH3 is 1. The number of hydrogen-bond donors (Lipinski definition) is 2. The predicted octanol–water partition coefficient (Wildman–Crippen LogP) is 1.91. The fourth-order valence-corrected chi connectivity index (χ4v) is 1.74. The second-order valence-electron chi connectivity index (χ2n) is 4.98. The zero-order valence-corrected chi connectivity index (χ0v) is 12.5. The Morgan fingerprint density at radius 3 is 2.53 bits per heavy atom. The molecular formula is C14H29NO4. The van der Waals surface area contributed by atoms with E-state index < -0.39 is 5.97 Å². The van der Waals surface area contributed by atoms with Crippen LogP contribution in [0.15, 0.2) is 0 Å². The van der Waals surface area contributed by atoms with Gasteiger partial charge in [0.15, 0.2) is 0 Å². The highest BCUT2D eigenvalue weighted by Gasteiger charge is 2.10. The Hall–Kier alpha value is -0.650. The maximum atomic E-state index is 10.7. The van der Waals surface area contributed by atoms with Crippen LogP contribution in [0.3, 0.4) is 0 Å². The van der Waals surface area contributed by atoms with Crippen molar-refractivity contribution in [2.75, 3.05) is 33.5 Å². The van der Waals surface area contributed by atoms with Gasteiger partial charge < -0.3 is 19.9 Å². The average Bonchev–Trinajstić information content (AvgIpc) is 2.37. The lowest BCUT2D eigenvalue weighted by atomic mass is 10.0. The molecule has 5 heteroatoms. The van der Waals surface area contributed by atoms with E-state index >= 15 is 0 Å². The Labute approximate surface area is 116 Å². The Bertz CT molecular complexity index is 223. The predicted molar refractivity (Wildman–Crippen MR) is 75.4 cm³/mol. The van der Waals surface area contributed by atoms with Crippen LogP contribution in [-0.4, -0.2) is 50.6 Å². The van der Waals surface area contributed by atoms with E-state index in [1.165, 1.54) is 0 Å². The van der Waals surface area contributed by atoms with E-state index in [0.717, 1.165) is 45.4 Å². The summed E-state index contributed by atoms with van der Waals surface area (Å²) in [6, 6.07) is 0.406. The lowest BCUT2D eigenvalue weighted by molar-refractivity contribution is -0.141. The number of aliphatic carboxylic acids is 1. The number of carbonyl (C=O) groups is 1. The van der Waals surface area contributed by atoms with Gasteiger partial charge in [0.25, 0.3) is 0 Å². The van der Waals surface area contributed by atoms with E-state index in [1.54, 1.807) is 14.0 Å². The minimum absolute atomic E-state index is 0.240. The van der Waals surface area contributed by atoms with Crippen LogP contribution < -0.4 is 5.32 Å². The van der Waals surface area contributed by atoms with Crippen molar-refractivity contribution in [1.29, 1.82) is 0 Å². The number of rotatable bonds is 13. The molecule has 0 aromatic heterocycles. The van der Waals surface area contributed by atoms with E-state index in [4.69, 9.17) is 14.6 Å². The summed E-state index contributed by atoms with van der Waals surface area (Å²) in [5.74, 6) is -0.943. The summed E-state index contributed by atoms with van der Waals surface area (Å²) in [5, 5.41) is 12.1. The third-order valence-corrected chi connectivity index (χ3v) is 3.07. The maximum absolute atomic E-state index is 10.7. The molecule has 114 valence electrons. The molecule has 19 heavy (non-hydrogen) atoms. The molecular weight excluding hydrogens is 246 g/mol. The summed E-state index contributed by atoms with van der Waals surface area (Å²) >= 11 is 0. The number of carboxylic acids is 1. The average molecular weight is 275 g/mol. The molecule has 0 rings (SSSR count). The van der Waals surface area contributed by atoms with E-state index in [1.807, 2.05) is 0 Å². The van der Waals surface area contributed by atoms with Crippen LogP contribution in [0, 0.1) is 5.92 Å². The van der Waals surface area contributed by atoms with Gasteiger partial charge in [-0.15, -0.1) is 0 Å². The molecule has 0 spiro atoms. The molecule has 0 aromatic rings. The zero-order valence-electron chi connectivity index (χ0n) is 12.5. The molecule has 0 amide bonds. The Morgan fingerprint density at radius 1 is 1.16 bits per heavy atom. The van der Waals surface area contributed by atoms with E-state index in [2.05, 4.69) is 12.2 Å². The third-order valence-electron chi connectivity index (χ3n) is 3.07. The number of nitrogens with one attached hydrogen (secondary N) is 1. The van der Waals surface area contributed by atoms with E-state index in [-0.39, 0.29) is 5.92 Å². The molecule has 0 aliphatic heterocycles. The van der Waals surface area contributed by atoms with Gasteiger partial charge in [-0.3, -0.25) is 4.79 Å². The van der Waals surface area contributed by atoms with Crippen LogP contribution in [0.4, 0.5) is 0 Å². The van der Waals surface area contributed by atoms with Gasteiger partial charge in [0.05, 0.1) is 12.5 Å². The van der Waals surface area contributed by atoms with Crippen LogP contribution in [0.1, 0.15) is 39.5 Å². The van der Waals surface area contributed by atoms with Gasteiger partial charge in [-0.2, -0.15) is 0 Å². The molecule has 0 heterocycles. The minimum Gasteiger partial charge on any atom is -0.481 e. The van der Waals surface area contributed by atoms with E-state index in [0.29, 0.717) is 12.6 Å². The molecule has 0 fully saturated rings. The van der Waals surface area contributed by atoms with Crippen molar-refractivity contribution in [2.45, 2.75) is 45.6 Å². The fourth-order valence-electron chi connectivity index (χ4n) is 1.74. The molecule has 0 saturated heterocycles. The quantitative estimate of drug-likeness (QED) is 0.503. The second-order valence-corrected chi connectivity index (χ2v) is 4.98. The molecule has 0 aromatic carbocycles. The van der Waals surface area contributed by atoms with Crippen molar-refractivity contribution in [2.24, 2.45) is 5.92 Å². The molecule has 2 N–H and O–H groups in total. The van der Waals surface area contributed by atoms with Gasteiger partial charge in [-0.1, -0.05) is 13.3 Å². The summed E-state index contributed by atoms with van der Waals surface area (Å²) < 4.78 is 10.4. The Morgan fingerprint density at radius 2 is 1.89 bits per heavy atom. The maximum Gasteiger partial charge on any atom is 0.306 e. The van der Waals surface area contributed by atoms with Crippen molar-refractivity contribution >= 4 is 5.97 Å². The standard InChI is InChI=1S/C14H29NO4/c1-12(14(16)17)6-4-7-13(2)15-8-11-19-10-5-9-18-3/h12-13,15H,4-11H2,1-3H3,(H,16,17). The Balaban J connectivity index is 3.30. The van der Waals surface area contributed by atoms with Crippen LogP contribution in [0.2, 0.25) is 0 Å². The topological polar surface area (TPSA) is 67.8 Å². The molecule has 5 nitrogen and oxygen atoms in total. The highest BCUT2D eigenvalue weighted by atomic mass is 16.5. The summed E-state index contributed by atoms with van der Waals surface area (Å²) in [6.45, 7) is 6.90. The van der Waals surface area contributed by atoms with Crippen molar-refractivity contribution in [3.8, 4) is 0 Å². The number of carboxylic acid groups (broad SMARTS) is 1. The normalized spacial score (nSPS) is 14.3. The largest absolute Gasteiger partial charge is 0.481 e. The lowest BCUT2D eigenvalue weighted by Crippen LogP contribution is -2.29. The molecule has 0 aliphatic carbocycles. The Kier molecular flexibility index (Phi) is 12.0. The molecule has 0 aliphatic rings. The SMILES string of the molecule is COCCCOCCNC(C)CCCC(C)C(=O)O. The molecule has 0 saturated carbocycles. The summed E-state index contributed by atoms with van der Waals surface area (Å²) in [5.41, 5.74) is 0. The summed E-state index contributed by atoms with van der Waals surface area (Å²) in [7, 11) is 1.69. The van der Waals surface area contributed by atoms with Gasteiger partial charge in [0, 0.05) is 32.9 Å². The lowest BCUT2D eigenvalue weighted by Gasteiger charge is -2.14. The molecule has 0 bridgehead atoms. The van der Waals surface area contributed by atoms with Gasteiger partial charge in [-0.25, -0.2) is 0 Å². The van der Waals surface area contributed by atoms with Crippen LogP contribution in [-0.2, 0) is 14.3 Å². The fraction of sp³-hybridized carbons (Fsp3) is 0.929. The first-order chi connectivity index (χ1) is 9.07. The van der Waals surface area contributed by atoms with Crippen molar-refractivity contribution in [3.05, 3.63) is 0 Å². The van der Waals surface area contributed by atoms with Gasteiger partial charge >= 0.3 is 5.97 Å². The highest BCUT2D eigenvalue weighted by Crippen LogP contribution is 2.09. The van der Waals surface area contributed by atoms with Crippen molar-refractivity contribution < 1.29 is 19.4 Å². The van der Waals surface area contributed by atoms with Gasteiger partial charge in [0.2, 0.25) is 0 Å². The first kappa shape index (κ1) is 18.4. The number of hydrogen-bond acceptors (Lipinski definition) is 4. The van der Waals surface area contributed by atoms with Gasteiger partial charge in [0.1, 0.15) is 0 Å². The second kappa shape index (κ2) is 12.4. The van der Waals surface area contributed by atoms with Crippen LogP contribution in [0.5, 0.6) is 0 Å². The van der Waals surface area contributed by atoms with Crippen molar-refractivity contribution in [3.63, 3.8) is 0 Å². The first-order valence-electron chi connectivity index (χ1n) is 7.10. The molecule has 0 radical (unpaired) electrons. The van der Waals surface area contributed by atoms with E-state index in [9.17, 15) is 4.79 Å². The molecule has 2 atom stereocenters. The van der Waals surface area contributed by atoms with Crippen LogP contribution in [0.25, 0.3) is 0 Å². The highest BCUT2D eigenvalue weighted by molar-refractivity contribution is 5.69.